The number of hydrogen-bond donors (Lipinski definition) is 1. The Balaban J connectivity index is 2.36. The summed E-state index contributed by atoms with van der Waals surface area (Å²) in [6.45, 7) is 0. The molecule has 0 atom stereocenters. The van der Waals surface area contributed by atoms with Crippen LogP contribution >= 0.6 is 0 Å². The van der Waals surface area contributed by atoms with E-state index in [1.54, 1.807) is 18.6 Å². The maximum absolute atomic E-state index is 4.35. The quantitative estimate of drug-likeness (QED) is 0.647. The number of nitrogens with one attached hydrogen (secondary N) is 1. The Labute approximate surface area is 86.0 Å². The summed E-state index contributed by atoms with van der Waals surface area (Å²) >= 11 is 0. The van der Waals surface area contributed by atoms with Crippen molar-refractivity contribution in [2.75, 3.05) is 0 Å². The first-order valence-corrected chi connectivity index (χ1v) is 4.64. The molecule has 72 valence electrons. The van der Waals surface area contributed by atoms with Crippen molar-refractivity contribution in [1.82, 2.24) is 20.2 Å². The third-order valence-electron chi connectivity index (χ3n) is 2.30. The molecule has 0 bridgehead atoms. The Morgan fingerprint density at radius 1 is 1.07 bits per heavy atom. The van der Waals surface area contributed by atoms with Crippen LogP contribution in [0.1, 0.15) is 0 Å². The van der Waals surface area contributed by atoms with Gasteiger partial charge < -0.3 is 0 Å². The molecule has 0 aromatic carbocycles. The molecule has 15 heavy (non-hydrogen) atoms. The number of nitrogens with zero attached hydrogens (tertiary/aromatic N) is 3. The third-order valence-corrected chi connectivity index (χ3v) is 2.30. The smallest absolute Gasteiger partial charge is 0.0827 e. The van der Waals surface area contributed by atoms with Crippen molar-refractivity contribution in [3.8, 4) is 11.3 Å². The summed E-state index contributed by atoms with van der Waals surface area (Å²) in [5.74, 6) is 0. The third kappa shape index (κ3) is 1.27. The molecule has 0 radical (unpaired) electrons. The molecule has 1 N–H and O–H groups in total. The molecule has 0 spiro atoms. The molecule has 0 saturated carbocycles. The predicted octanol–water partition coefficient (Wildman–Crippen LogP) is 2.02. The molecule has 4 heteroatoms. The van der Waals surface area contributed by atoms with E-state index in [0.717, 1.165) is 22.2 Å². The molecule has 0 amide bonds. The van der Waals surface area contributed by atoms with E-state index >= 15 is 0 Å². The molecule has 0 saturated heterocycles. The molecule has 0 unspecified atom stereocenters. The van der Waals surface area contributed by atoms with Crippen molar-refractivity contribution < 1.29 is 0 Å². The predicted molar refractivity (Wildman–Crippen MR) is 57.1 cm³/mol. The Morgan fingerprint density at radius 2 is 2.07 bits per heavy atom. The van der Waals surface area contributed by atoms with Gasteiger partial charge in [-0.25, -0.2) is 0 Å². The zero-order valence-electron chi connectivity index (χ0n) is 7.88. The van der Waals surface area contributed by atoms with Gasteiger partial charge in [0.2, 0.25) is 0 Å². The molecule has 3 heterocycles. The normalized spacial score (nSPS) is 10.7. The second kappa shape index (κ2) is 3.16. The van der Waals surface area contributed by atoms with Crippen LogP contribution < -0.4 is 0 Å². The SMILES string of the molecule is c1cnc2ccnc(-c3cn[nH]c3)c2c1. The fraction of sp³-hybridized carbons (Fsp3) is 0. The van der Waals surface area contributed by atoms with Crippen LogP contribution in [-0.4, -0.2) is 20.2 Å². The topological polar surface area (TPSA) is 54.5 Å². The highest BCUT2D eigenvalue weighted by atomic mass is 15.1. The maximum atomic E-state index is 4.35. The first-order valence-electron chi connectivity index (χ1n) is 4.64. The van der Waals surface area contributed by atoms with E-state index in [1.807, 2.05) is 24.4 Å². The van der Waals surface area contributed by atoms with Crippen LogP contribution in [0.15, 0.2) is 43.0 Å². The number of aromatic amines is 1. The lowest BCUT2D eigenvalue weighted by molar-refractivity contribution is 1.09. The minimum atomic E-state index is 0.911. The van der Waals surface area contributed by atoms with Gasteiger partial charge in [0.25, 0.3) is 0 Å². The summed E-state index contributed by atoms with van der Waals surface area (Å²) in [6.07, 6.45) is 7.13. The van der Waals surface area contributed by atoms with E-state index in [2.05, 4.69) is 20.2 Å². The van der Waals surface area contributed by atoms with Crippen LogP contribution in [0.5, 0.6) is 0 Å². The number of hydrogen-bond acceptors (Lipinski definition) is 3. The Kier molecular flexibility index (Phi) is 1.71. The van der Waals surface area contributed by atoms with Crippen molar-refractivity contribution in [2.24, 2.45) is 0 Å². The van der Waals surface area contributed by atoms with Gasteiger partial charge in [-0.05, 0) is 18.2 Å². The molecule has 0 aliphatic rings. The summed E-state index contributed by atoms with van der Waals surface area (Å²) in [6, 6.07) is 5.82. The molecular formula is C11H8N4. The van der Waals surface area contributed by atoms with E-state index in [9.17, 15) is 0 Å². The number of pyridine rings is 2. The van der Waals surface area contributed by atoms with Crippen LogP contribution in [0.25, 0.3) is 22.2 Å². The van der Waals surface area contributed by atoms with Crippen LogP contribution in [0.4, 0.5) is 0 Å². The van der Waals surface area contributed by atoms with E-state index in [4.69, 9.17) is 0 Å². The summed E-state index contributed by atoms with van der Waals surface area (Å²) < 4.78 is 0. The van der Waals surface area contributed by atoms with Crippen LogP contribution in [-0.2, 0) is 0 Å². The minimum absolute atomic E-state index is 0.911. The Morgan fingerprint density at radius 3 is 2.93 bits per heavy atom. The average Bonchev–Trinajstić information content (AvgIpc) is 2.82. The van der Waals surface area contributed by atoms with E-state index < -0.39 is 0 Å². The first-order chi connectivity index (χ1) is 7.45. The monoisotopic (exact) mass is 196 g/mol. The average molecular weight is 196 g/mol. The second-order valence-electron chi connectivity index (χ2n) is 3.22. The molecule has 3 aromatic rings. The number of rotatable bonds is 1. The lowest BCUT2D eigenvalue weighted by Crippen LogP contribution is -1.85. The summed E-state index contributed by atoms with van der Waals surface area (Å²) in [4.78, 5) is 8.63. The zero-order valence-corrected chi connectivity index (χ0v) is 7.88. The highest BCUT2D eigenvalue weighted by Crippen LogP contribution is 2.23. The van der Waals surface area contributed by atoms with Crippen molar-refractivity contribution in [3.63, 3.8) is 0 Å². The second-order valence-corrected chi connectivity index (χ2v) is 3.22. The van der Waals surface area contributed by atoms with Crippen molar-refractivity contribution >= 4 is 10.9 Å². The Bertz CT molecular complexity index is 581. The lowest BCUT2D eigenvalue weighted by atomic mass is 10.1. The van der Waals surface area contributed by atoms with Crippen molar-refractivity contribution in [3.05, 3.63) is 43.0 Å². The molecule has 3 aromatic heterocycles. The van der Waals surface area contributed by atoms with E-state index in [-0.39, 0.29) is 0 Å². The summed E-state index contributed by atoms with van der Waals surface area (Å²) in [5, 5.41) is 7.75. The van der Waals surface area contributed by atoms with Gasteiger partial charge in [0, 0.05) is 29.5 Å². The lowest BCUT2D eigenvalue weighted by Gasteiger charge is -2.01. The molecule has 4 nitrogen and oxygen atoms in total. The minimum Gasteiger partial charge on any atom is -0.285 e. The highest BCUT2D eigenvalue weighted by Gasteiger charge is 2.05. The number of fused-ring (bicyclic) bond motifs is 1. The maximum Gasteiger partial charge on any atom is 0.0827 e. The molecular weight excluding hydrogens is 188 g/mol. The van der Waals surface area contributed by atoms with Crippen molar-refractivity contribution in [2.45, 2.75) is 0 Å². The molecule has 0 fully saturated rings. The van der Waals surface area contributed by atoms with Gasteiger partial charge in [-0.1, -0.05) is 0 Å². The van der Waals surface area contributed by atoms with E-state index in [1.165, 1.54) is 0 Å². The number of H-pyrrole nitrogens is 1. The van der Waals surface area contributed by atoms with Crippen LogP contribution in [0.3, 0.4) is 0 Å². The van der Waals surface area contributed by atoms with Gasteiger partial charge >= 0.3 is 0 Å². The largest absolute Gasteiger partial charge is 0.285 e. The standard InChI is InChI=1S/C11H8N4/c1-2-9-10(12-4-1)3-5-13-11(9)8-6-14-15-7-8/h1-7H,(H,14,15). The van der Waals surface area contributed by atoms with Gasteiger partial charge in [0.1, 0.15) is 0 Å². The summed E-state index contributed by atoms with van der Waals surface area (Å²) in [7, 11) is 0. The van der Waals surface area contributed by atoms with Gasteiger partial charge in [0.05, 0.1) is 17.4 Å². The van der Waals surface area contributed by atoms with Gasteiger partial charge in [-0.3, -0.25) is 15.1 Å². The number of aromatic nitrogens is 4. The van der Waals surface area contributed by atoms with E-state index in [0.29, 0.717) is 0 Å². The van der Waals surface area contributed by atoms with Crippen LogP contribution in [0.2, 0.25) is 0 Å². The van der Waals surface area contributed by atoms with Gasteiger partial charge in [0.15, 0.2) is 0 Å². The first kappa shape index (κ1) is 8.11. The summed E-state index contributed by atoms with van der Waals surface area (Å²) in [5.41, 5.74) is 2.84. The van der Waals surface area contributed by atoms with Gasteiger partial charge in [-0.2, -0.15) is 5.10 Å². The molecule has 3 rings (SSSR count). The van der Waals surface area contributed by atoms with Crippen LogP contribution in [0, 0.1) is 0 Å². The molecule has 0 aliphatic carbocycles. The van der Waals surface area contributed by atoms with Gasteiger partial charge in [-0.15, -0.1) is 0 Å². The van der Waals surface area contributed by atoms with Crippen molar-refractivity contribution in [1.29, 1.82) is 0 Å². The molecule has 0 aliphatic heterocycles. The fourth-order valence-electron chi connectivity index (χ4n) is 1.61. The highest BCUT2D eigenvalue weighted by molar-refractivity contribution is 5.91. The fourth-order valence-corrected chi connectivity index (χ4v) is 1.61. The zero-order chi connectivity index (χ0) is 10.1. The Hall–Kier alpha value is -2.23.